The number of aryl methyl sites for hydroxylation is 2. The fourth-order valence-corrected chi connectivity index (χ4v) is 3.95. The lowest BCUT2D eigenvalue weighted by molar-refractivity contribution is 0.0641. The third kappa shape index (κ3) is 4.30. The topological polar surface area (TPSA) is 41.4 Å². The standard InChI is InChI=1S/C23H34N4O/c1-5-8-20-22(23(28)26-16-14-25(7-3)15-17-26)21(9-6-2)27(24-20)19-12-10-18(4)11-13-19/h10-13H,5-9,14-17H2,1-4H3. The van der Waals surface area contributed by atoms with Crippen molar-refractivity contribution in [3.8, 4) is 5.69 Å². The molecule has 1 fully saturated rings. The molecule has 28 heavy (non-hydrogen) atoms. The predicted molar refractivity (Wildman–Crippen MR) is 114 cm³/mol. The van der Waals surface area contributed by atoms with Gasteiger partial charge in [-0.2, -0.15) is 5.10 Å². The fourth-order valence-electron chi connectivity index (χ4n) is 3.95. The van der Waals surface area contributed by atoms with Gasteiger partial charge in [0.2, 0.25) is 0 Å². The highest BCUT2D eigenvalue weighted by Gasteiger charge is 2.29. The summed E-state index contributed by atoms with van der Waals surface area (Å²) in [7, 11) is 0. The van der Waals surface area contributed by atoms with Crippen LogP contribution in [0.25, 0.3) is 5.69 Å². The minimum Gasteiger partial charge on any atom is -0.336 e. The molecule has 0 spiro atoms. The second kappa shape index (κ2) is 9.37. The van der Waals surface area contributed by atoms with Gasteiger partial charge in [-0.25, -0.2) is 4.68 Å². The van der Waals surface area contributed by atoms with Gasteiger partial charge in [0.25, 0.3) is 5.91 Å². The van der Waals surface area contributed by atoms with E-state index in [2.05, 4.69) is 56.9 Å². The lowest BCUT2D eigenvalue weighted by Gasteiger charge is -2.34. The summed E-state index contributed by atoms with van der Waals surface area (Å²) in [6.45, 7) is 13.2. The maximum atomic E-state index is 13.5. The fraction of sp³-hybridized carbons (Fsp3) is 0.565. The summed E-state index contributed by atoms with van der Waals surface area (Å²) in [6.07, 6.45) is 3.68. The number of aromatic nitrogens is 2. The van der Waals surface area contributed by atoms with E-state index < -0.39 is 0 Å². The van der Waals surface area contributed by atoms with Gasteiger partial charge in [0.05, 0.1) is 22.6 Å². The van der Waals surface area contributed by atoms with E-state index in [0.29, 0.717) is 0 Å². The van der Waals surface area contributed by atoms with E-state index in [0.717, 1.165) is 81.0 Å². The van der Waals surface area contributed by atoms with Crippen molar-refractivity contribution in [2.24, 2.45) is 0 Å². The Morgan fingerprint density at radius 3 is 2.18 bits per heavy atom. The molecule has 1 aliphatic rings. The van der Waals surface area contributed by atoms with Crippen LogP contribution in [0.3, 0.4) is 0 Å². The minimum atomic E-state index is 0.168. The highest BCUT2D eigenvalue weighted by molar-refractivity contribution is 5.97. The second-order valence-electron chi connectivity index (χ2n) is 7.74. The molecule has 5 heteroatoms. The van der Waals surface area contributed by atoms with Crippen molar-refractivity contribution in [3.63, 3.8) is 0 Å². The lowest BCUT2D eigenvalue weighted by atomic mass is 10.0. The molecule has 0 saturated carbocycles. The van der Waals surface area contributed by atoms with Crippen molar-refractivity contribution >= 4 is 5.91 Å². The van der Waals surface area contributed by atoms with Gasteiger partial charge in [-0.05, 0) is 38.4 Å². The molecule has 0 bridgehead atoms. The second-order valence-corrected chi connectivity index (χ2v) is 7.74. The molecule has 3 rings (SSSR count). The van der Waals surface area contributed by atoms with Gasteiger partial charge >= 0.3 is 0 Å². The normalized spacial score (nSPS) is 15.2. The molecular weight excluding hydrogens is 348 g/mol. The first-order chi connectivity index (χ1) is 13.6. The number of amides is 1. The van der Waals surface area contributed by atoms with Crippen LogP contribution in [-0.2, 0) is 12.8 Å². The summed E-state index contributed by atoms with van der Waals surface area (Å²) in [5.74, 6) is 0.168. The summed E-state index contributed by atoms with van der Waals surface area (Å²) in [6, 6.07) is 8.42. The van der Waals surface area contributed by atoms with Crippen molar-refractivity contribution < 1.29 is 4.79 Å². The first-order valence-electron chi connectivity index (χ1n) is 10.8. The van der Waals surface area contributed by atoms with Crippen LogP contribution >= 0.6 is 0 Å². The molecule has 0 N–H and O–H groups in total. The average molecular weight is 383 g/mol. The van der Waals surface area contributed by atoms with Crippen LogP contribution in [0.2, 0.25) is 0 Å². The van der Waals surface area contributed by atoms with Crippen LogP contribution in [-0.4, -0.2) is 58.2 Å². The Balaban J connectivity index is 2.00. The molecule has 5 nitrogen and oxygen atoms in total. The molecule has 1 amide bonds. The third-order valence-corrected chi connectivity index (χ3v) is 5.63. The molecule has 1 aliphatic heterocycles. The van der Waals surface area contributed by atoms with Crippen LogP contribution in [0, 0.1) is 6.92 Å². The first-order valence-corrected chi connectivity index (χ1v) is 10.8. The van der Waals surface area contributed by atoms with Crippen molar-refractivity contribution in [2.75, 3.05) is 32.7 Å². The lowest BCUT2D eigenvalue weighted by Crippen LogP contribution is -2.48. The molecule has 1 saturated heterocycles. The predicted octanol–water partition coefficient (Wildman–Crippen LogP) is 3.86. The molecule has 152 valence electrons. The Labute approximate surface area is 169 Å². The number of hydrogen-bond acceptors (Lipinski definition) is 3. The number of carbonyl (C=O) groups excluding carboxylic acids is 1. The third-order valence-electron chi connectivity index (χ3n) is 5.63. The summed E-state index contributed by atoms with van der Waals surface area (Å²) in [5, 5.41) is 4.92. The molecule has 0 radical (unpaired) electrons. The molecule has 0 unspecified atom stereocenters. The number of benzene rings is 1. The summed E-state index contributed by atoms with van der Waals surface area (Å²) in [5.41, 5.74) is 5.15. The Morgan fingerprint density at radius 1 is 0.964 bits per heavy atom. The molecule has 0 atom stereocenters. The molecular formula is C23H34N4O. The zero-order valence-electron chi connectivity index (χ0n) is 17.9. The van der Waals surface area contributed by atoms with Gasteiger partial charge in [0.1, 0.15) is 0 Å². The van der Waals surface area contributed by atoms with Crippen LogP contribution in [0.5, 0.6) is 0 Å². The molecule has 2 heterocycles. The smallest absolute Gasteiger partial charge is 0.257 e. The molecule has 2 aromatic rings. The van der Waals surface area contributed by atoms with Crippen molar-refractivity contribution in [2.45, 2.75) is 53.4 Å². The quantitative estimate of drug-likeness (QED) is 0.730. The summed E-state index contributed by atoms with van der Waals surface area (Å²) < 4.78 is 2.02. The van der Waals surface area contributed by atoms with Crippen LogP contribution in [0.15, 0.2) is 24.3 Å². The molecule has 0 aliphatic carbocycles. The monoisotopic (exact) mass is 382 g/mol. The van der Waals surface area contributed by atoms with Crippen LogP contribution in [0.1, 0.15) is 60.9 Å². The van der Waals surface area contributed by atoms with E-state index in [9.17, 15) is 4.79 Å². The maximum Gasteiger partial charge on any atom is 0.257 e. The van der Waals surface area contributed by atoms with Crippen molar-refractivity contribution in [1.29, 1.82) is 0 Å². The van der Waals surface area contributed by atoms with Gasteiger partial charge in [-0.15, -0.1) is 0 Å². The number of piperazine rings is 1. The van der Waals surface area contributed by atoms with E-state index in [1.165, 1.54) is 5.56 Å². The van der Waals surface area contributed by atoms with E-state index in [1.807, 2.05) is 9.58 Å². The van der Waals surface area contributed by atoms with Crippen molar-refractivity contribution in [1.82, 2.24) is 19.6 Å². The Hall–Kier alpha value is -2.14. The molecule has 1 aromatic carbocycles. The van der Waals surface area contributed by atoms with Gasteiger partial charge in [-0.3, -0.25) is 4.79 Å². The van der Waals surface area contributed by atoms with E-state index in [-0.39, 0.29) is 5.91 Å². The SMILES string of the molecule is CCCc1nn(-c2ccc(C)cc2)c(CCC)c1C(=O)N1CCN(CC)CC1. The van der Waals surface area contributed by atoms with Gasteiger partial charge in [-0.1, -0.05) is 51.3 Å². The Bertz CT molecular complexity index is 786. The average Bonchev–Trinajstić information content (AvgIpc) is 3.06. The van der Waals surface area contributed by atoms with Crippen molar-refractivity contribution in [3.05, 3.63) is 46.8 Å². The van der Waals surface area contributed by atoms with E-state index >= 15 is 0 Å². The first kappa shape index (κ1) is 20.6. The summed E-state index contributed by atoms with van der Waals surface area (Å²) in [4.78, 5) is 18.0. The molecule has 1 aromatic heterocycles. The number of nitrogens with zero attached hydrogens (tertiary/aromatic N) is 4. The van der Waals surface area contributed by atoms with Gasteiger partial charge in [0.15, 0.2) is 0 Å². The van der Waals surface area contributed by atoms with Crippen LogP contribution < -0.4 is 0 Å². The van der Waals surface area contributed by atoms with E-state index in [1.54, 1.807) is 0 Å². The zero-order valence-corrected chi connectivity index (χ0v) is 17.9. The Kier molecular flexibility index (Phi) is 6.89. The number of hydrogen-bond donors (Lipinski definition) is 0. The number of carbonyl (C=O) groups is 1. The minimum absolute atomic E-state index is 0.168. The highest BCUT2D eigenvalue weighted by Crippen LogP contribution is 2.24. The summed E-state index contributed by atoms with van der Waals surface area (Å²) >= 11 is 0. The highest BCUT2D eigenvalue weighted by atomic mass is 16.2. The number of rotatable bonds is 7. The zero-order chi connectivity index (χ0) is 20.1. The van der Waals surface area contributed by atoms with Crippen LogP contribution in [0.4, 0.5) is 0 Å². The maximum absolute atomic E-state index is 13.5. The Morgan fingerprint density at radius 2 is 1.61 bits per heavy atom. The van der Waals surface area contributed by atoms with Gasteiger partial charge in [0, 0.05) is 26.2 Å². The largest absolute Gasteiger partial charge is 0.336 e. The van der Waals surface area contributed by atoms with Gasteiger partial charge < -0.3 is 9.80 Å². The van der Waals surface area contributed by atoms with E-state index in [4.69, 9.17) is 5.10 Å². The number of likely N-dealkylation sites (N-methyl/N-ethyl adjacent to an activating group) is 1.